The molecule has 39 heavy (non-hydrogen) atoms. The van der Waals surface area contributed by atoms with Crippen LogP contribution in [0.4, 0.5) is 13.2 Å². The van der Waals surface area contributed by atoms with Crippen LogP contribution in [0.2, 0.25) is 0 Å². The number of allylic oxidation sites excluding steroid dienone is 2. The van der Waals surface area contributed by atoms with E-state index in [1.807, 2.05) is 12.1 Å². The fourth-order valence-corrected chi connectivity index (χ4v) is 5.35. The molecule has 0 radical (unpaired) electrons. The molecule has 3 rings (SSSR count). The summed E-state index contributed by atoms with van der Waals surface area (Å²) in [6.07, 6.45) is 14.7. The van der Waals surface area contributed by atoms with Gasteiger partial charge in [-0.15, -0.1) is 0 Å². The lowest BCUT2D eigenvalue weighted by Gasteiger charge is -2.18. The van der Waals surface area contributed by atoms with E-state index in [0.717, 1.165) is 56.1 Å². The van der Waals surface area contributed by atoms with Crippen LogP contribution in [-0.4, -0.2) is 0 Å². The number of hydrogen-bond donors (Lipinski definition) is 0. The van der Waals surface area contributed by atoms with E-state index in [0.29, 0.717) is 34.9 Å². The van der Waals surface area contributed by atoms with Crippen LogP contribution < -0.4 is 0 Å². The lowest BCUT2D eigenvalue weighted by molar-refractivity contribution is 0.411. The molecule has 0 heterocycles. The van der Waals surface area contributed by atoms with E-state index in [1.165, 1.54) is 12.8 Å². The molecule has 0 fully saturated rings. The molecule has 3 aromatic rings. The topological polar surface area (TPSA) is 0 Å². The van der Waals surface area contributed by atoms with Crippen LogP contribution in [0.15, 0.2) is 66.7 Å². The van der Waals surface area contributed by atoms with Crippen LogP contribution in [0, 0.1) is 23.4 Å². The molecular formula is C36H45F3. The van der Waals surface area contributed by atoms with Crippen molar-refractivity contribution in [3.63, 3.8) is 0 Å². The third kappa shape index (κ3) is 8.59. The van der Waals surface area contributed by atoms with Crippen molar-refractivity contribution >= 4 is 0 Å². The van der Waals surface area contributed by atoms with Crippen LogP contribution in [0.5, 0.6) is 0 Å². The Morgan fingerprint density at radius 2 is 1.44 bits per heavy atom. The first kappa shape index (κ1) is 30.7. The van der Waals surface area contributed by atoms with Crippen LogP contribution in [0.3, 0.4) is 0 Å². The molecular weight excluding hydrogens is 489 g/mol. The molecule has 0 aliphatic carbocycles. The molecule has 0 aliphatic heterocycles. The van der Waals surface area contributed by atoms with Crippen molar-refractivity contribution in [2.75, 3.05) is 0 Å². The molecule has 0 nitrogen and oxygen atoms in total. The summed E-state index contributed by atoms with van der Waals surface area (Å²) in [6, 6.07) is 15.9. The lowest BCUT2D eigenvalue weighted by atomic mass is 9.87. The molecule has 210 valence electrons. The highest BCUT2D eigenvalue weighted by atomic mass is 19.2. The number of aryl methyl sites for hydroxylation is 1. The van der Waals surface area contributed by atoms with Crippen molar-refractivity contribution in [2.45, 2.75) is 97.8 Å². The standard InChI is InChI=1S/C36H45F3/c1-5-8-10-12-14-30-21-24-33(36(39)35(30)38)29-19-17-28(18-20-29)32-23-22-31(25-34(32)37)26(4)15-16-27(7-3)13-11-9-6-2/h6,9,17-27H,5,7-8,10-16H2,1-4H3/b9-6+. The van der Waals surface area contributed by atoms with Crippen molar-refractivity contribution in [2.24, 2.45) is 5.92 Å². The van der Waals surface area contributed by atoms with Gasteiger partial charge in [-0.3, -0.25) is 0 Å². The van der Waals surface area contributed by atoms with Gasteiger partial charge in [-0.25, -0.2) is 13.2 Å². The van der Waals surface area contributed by atoms with Gasteiger partial charge in [-0.1, -0.05) is 107 Å². The number of halogens is 3. The summed E-state index contributed by atoms with van der Waals surface area (Å²) in [5.74, 6) is -0.832. The predicted octanol–water partition coefficient (Wildman–Crippen LogP) is 11.8. The van der Waals surface area contributed by atoms with Gasteiger partial charge in [0.1, 0.15) is 5.82 Å². The highest BCUT2D eigenvalue weighted by molar-refractivity contribution is 5.71. The Morgan fingerprint density at radius 1 is 0.744 bits per heavy atom. The molecule has 0 aliphatic rings. The van der Waals surface area contributed by atoms with Crippen LogP contribution >= 0.6 is 0 Å². The first-order valence-electron chi connectivity index (χ1n) is 14.9. The second-order valence-corrected chi connectivity index (χ2v) is 10.9. The van der Waals surface area contributed by atoms with E-state index in [-0.39, 0.29) is 11.4 Å². The average Bonchev–Trinajstić information content (AvgIpc) is 2.95. The molecule has 0 N–H and O–H groups in total. The molecule has 0 aromatic heterocycles. The number of benzene rings is 3. The van der Waals surface area contributed by atoms with Gasteiger partial charge in [-0.05, 0) is 85.6 Å². The maximum absolute atomic E-state index is 15.2. The normalized spacial score (nSPS) is 13.2. The van der Waals surface area contributed by atoms with E-state index in [2.05, 4.69) is 39.8 Å². The molecule has 0 bridgehead atoms. The molecule has 3 heteroatoms. The third-order valence-corrected chi connectivity index (χ3v) is 8.09. The summed E-state index contributed by atoms with van der Waals surface area (Å²) in [5.41, 5.74) is 3.50. The van der Waals surface area contributed by atoms with Gasteiger partial charge in [0.2, 0.25) is 0 Å². The highest BCUT2D eigenvalue weighted by Gasteiger charge is 2.16. The quantitative estimate of drug-likeness (QED) is 0.134. The van der Waals surface area contributed by atoms with Gasteiger partial charge in [0, 0.05) is 11.1 Å². The maximum atomic E-state index is 15.2. The first-order valence-corrected chi connectivity index (χ1v) is 14.9. The van der Waals surface area contributed by atoms with Gasteiger partial charge >= 0.3 is 0 Å². The van der Waals surface area contributed by atoms with Crippen LogP contribution in [-0.2, 0) is 6.42 Å². The lowest BCUT2D eigenvalue weighted by Crippen LogP contribution is -2.03. The van der Waals surface area contributed by atoms with E-state index in [4.69, 9.17) is 0 Å². The molecule has 0 saturated carbocycles. The molecule has 2 unspecified atom stereocenters. The summed E-state index contributed by atoms with van der Waals surface area (Å²) in [4.78, 5) is 0. The molecule has 2 atom stereocenters. The summed E-state index contributed by atoms with van der Waals surface area (Å²) in [5, 5.41) is 0. The Balaban J connectivity index is 1.67. The zero-order valence-electron chi connectivity index (χ0n) is 24.2. The monoisotopic (exact) mass is 534 g/mol. The summed E-state index contributed by atoms with van der Waals surface area (Å²) in [7, 11) is 0. The Labute approximate surface area is 234 Å². The Bertz CT molecular complexity index is 1190. The Morgan fingerprint density at radius 3 is 2.08 bits per heavy atom. The predicted molar refractivity (Wildman–Crippen MR) is 161 cm³/mol. The van der Waals surface area contributed by atoms with E-state index in [1.54, 1.807) is 42.5 Å². The number of unbranched alkanes of at least 4 members (excludes halogenated alkanes) is 3. The molecule has 3 aromatic carbocycles. The zero-order valence-corrected chi connectivity index (χ0v) is 24.2. The van der Waals surface area contributed by atoms with Crippen LogP contribution in [0.25, 0.3) is 22.3 Å². The smallest absolute Gasteiger partial charge is 0.166 e. The number of hydrogen-bond acceptors (Lipinski definition) is 0. The van der Waals surface area contributed by atoms with Crippen molar-refractivity contribution < 1.29 is 13.2 Å². The second kappa shape index (κ2) is 15.7. The Kier molecular flexibility index (Phi) is 12.4. The van der Waals surface area contributed by atoms with Crippen molar-refractivity contribution in [3.05, 3.63) is 95.3 Å². The van der Waals surface area contributed by atoms with E-state index < -0.39 is 11.6 Å². The first-order chi connectivity index (χ1) is 18.9. The summed E-state index contributed by atoms with van der Waals surface area (Å²) in [6.45, 7) is 8.61. The minimum absolute atomic E-state index is 0.233. The van der Waals surface area contributed by atoms with Gasteiger partial charge in [0.05, 0.1) is 0 Å². The van der Waals surface area contributed by atoms with E-state index >= 15 is 4.39 Å². The van der Waals surface area contributed by atoms with Gasteiger partial charge < -0.3 is 0 Å². The highest BCUT2D eigenvalue weighted by Crippen LogP contribution is 2.33. The molecule has 0 amide bonds. The van der Waals surface area contributed by atoms with Crippen molar-refractivity contribution in [1.29, 1.82) is 0 Å². The number of rotatable bonds is 15. The Hall–Kier alpha value is -2.81. The average molecular weight is 535 g/mol. The minimum Gasteiger partial charge on any atom is -0.206 e. The van der Waals surface area contributed by atoms with Gasteiger partial charge in [-0.2, -0.15) is 0 Å². The third-order valence-electron chi connectivity index (χ3n) is 8.09. The van der Waals surface area contributed by atoms with Crippen LogP contribution in [0.1, 0.15) is 103 Å². The summed E-state index contributed by atoms with van der Waals surface area (Å²) < 4.78 is 44.8. The minimum atomic E-state index is -0.813. The second-order valence-electron chi connectivity index (χ2n) is 10.9. The summed E-state index contributed by atoms with van der Waals surface area (Å²) >= 11 is 0. The SMILES string of the molecule is C/C=C/CCC(CC)CCC(C)c1ccc(-c2ccc(-c3ccc(CCCCCC)c(F)c3F)cc2)c(F)c1. The molecule has 0 spiro atoms. The fourth-order valence-electron chi connectivity index (χ4n) is 5.35. The fraction of sp³-hybridized carbons (Fsp3) is 0.444. The van der Waals surface area contributed by atoms with Crippen molar-refractivity contribution in [1.82, 2.24) is 0 Å². The zero-order chi connectivity index (χ0) is 28.2. The van der Waals surface area contributed by atoms with Gasteiger partial charge in [0.25, 0.3) is 0 Å². The maximum Gasteiger partial charge on any atom is 0.166 e. The van der Waals surface area contributed by atoms with E-state index in [9.17, 15) is 8.78 Å². The van der Waals surface area contributed by atoms with Crippen molar-refractivity contribution in [3.8, 4) is 22.3 Å². The van der Waals surface area contributed by atoms with Gasteiger partial charge in [0.15, 0.2) is 11.6 Å². The largest absolute Gasteiger partial charge is 0.206 e. The molecule has 0 saturated heterocycles.